The Morgan fingerprint density at radius 1 is 0.778 bits per heavy atom. The minimum atomic E-state index is 0.237. The van der Waals surface area contributed by atoms with Gasteiger partial charge in [0.2, 0.25) is 11.8 Å². The number of carbonyl (C=O) groups excluding carboxylic acids is 2. The molecule has 4 heteroatoms. The molecule has 2 aliphatic carbocycles. The number of likely N-dealkylation sites (tertiary alicyclic amines) is 2. The van der Waals surface area contributed by atoms with E-state index >= 15 is 0 Å². The van der Waals surface area contributed by atoms with Crippen molar-refractivity contribution in [2.45, 2.75) is 70.6 Å². The first-order chi connectivity index (χ1) is 13.2. The molecule has 2 unspecified atom stereocenters. The summed E-state index contributed by atoms with van der Waals surface area (Å²) in [5.41, 5.74) is 2.97. The van der Waals surface area contributed by atoms with E-state index in [0.717, 1.165) is 50.9 Å². The summed E-state index contributed by atoms with van der Waals surface area (Å²) >= 11 is 0. The van der Waals surface area contributed by atoms with Gasteiger partial charge in [-0.15, -0.1) is 0 Å². The standard InChI is InChI=1S/C23H34N2O2/c26-22(24-14-12-18-6-1-3-8-20(18)16-24)10-5-11-23(27)25-15-13-19-7-2-4-9-21(19)17-25/h8-9,18-19H,1-7,10-17H2. The van der Waals surface area contributed by atoms with Crippen molar-refractivity contribution < 1.29 is 9.59 Å². The molecule has 2 heterocycles. The molecule has 2 saturated heterocycles. The fourth-order valence-corrected chi connectivity index (χ4v) is 5.41. The molecule has 2 amide bonds. The molecule has 0 spiro atoms. The minimum Gasteiger partial charge on any atom is -0.339 e. The largest absolute Gasteiger partial charge is 0.339 e. The monoisotopic (exact) mass is 370 g/mol. The molecule has 2 fully saturated rings. The fraction of sp³-hybridized carbons (Fsp3) is 0.739. The van der Waals surface area contributed by atoms with Crippen LogP contribution in [0.25, 0.3) is 0 Å². The van der Waals surface area contributed by atoms with E-state index in [1.54, 1.807) is 0 Å². The molecule has 0 N–H and O–H groups in total. The van der Waals surface area contributed by atoms with Crippen molar-refractivity contribution in [3.63, 3.8) is 0 Å². The Labute approximate surface area is 163 Å². The van der Waals surface area contributed by atoms with Crippen LogP contribution < -0.4 is 0 Å². The average molecular weight is 371 g/mol. The Hall–Kier alpha value is -1.58. The highest BCUT2D eigenvalue weighted by Gasteiger charge is 2.29. The van der Waals surface area contributed by atoms with E-state index in [-0.39, 0.29) is 11.8 Å². The van der Waals surface area contributed by atoms with Gasteiger partial charge in [-0.1, -0.05) is 23.3 Å². The SMILES string of the molecule is O=C(CCCC(=O)N1CCC2CCCC=C2C1)N1CCC2CCCC=C2C1. The number of carbonyl (C=O) groups is 2. The maximum absolute atomic E-state index is 12.6. The third kappa shape index (κ3) is 4.47. The number of rotatable bonds is 4. The second kappa shape index (κ2) is 8.62. The lowest BCUT2D eigenvalue weighted by atomic mass is 9.82. The van der Waals surface area contributed by atoms with Crippen molar-refractivity contribution >= 4 is 11.8 Å². The molecule has 4 rings (SSSR count). The molecular formula is C23H34N2O2. The van der Waals surface area contributed by atoms with Gasteiger partial charge < -0.3 is 9.80 Å². The lowest BCUT2D eigenvalue weighted by molar-refractivity contribution is -0.133. The Morgan fingerprint density at radius 3 is 1.74 bits per heavy atom. The quantitative estimate of drug-likeness (QED) is 0.700. The van der Waals surface area contributed by atoms with Gasteiger partial charge in [0.25, 0.3) is 0 Å². The highest BCUT2D eigenvalue weighted by Crippen LogP contribution is 2.33. The van der Waals surface area contributed by atoms with Gasteiger partial charge in [0, 0.05) is 39.0 Å². The van der Waals surface area contributed by atoms with Crippen molar-refractivity contribution in [2.24, 2.45) is 11.8 Å². The number of nitrogens with zero attached hydrogens (tertiary/aromatic N) is 2. The second-order valence-corrected chi connectivity index (χ2v) is 8.88. The van der Waals surface area contributed by atoms with Crippen LogP contribution in [0.3, 0.4) is 0 Å². The maximum Gasteiger partial charge on any atom is 0.222 e. The van der Waals surface area contributed by atoms with Crippen molar-refractivity contribution in [3.05, 3.63) is 23.3 Å². The maximum atomic E-state index is 12.6. The van der Waals surface area contributed by atoms with E-state index in [1.165, 1.54) is 49.7 Å². The zero-order chi connectivity index (χ0) is 18.6. The first-order valence-electron chi connectivity index (χ1n) is 11.1. The summed E-state index contributed by atoms with van der Waals surface area (Å²) in [5, 5.41) is 0. The van der Waals surface area contributed by atoms with E-state index in [4.69, 9.17) is 0 Å². The van der Waals surface area contributed by atoms with Gasteiger partial charge >= 0.3 is 0 Å². The molecule has 0 aromatic heterocycles. The summed E-state index contributed by atoms with van der Waals surface area (Å²) < 4.78 is 0. The first kappa shape index (κ1) is 18.8. The van der Waals surface area contributed by atoms with Crippen LogP contribution in [0.15, 0.2) is 23.3 Å². The summed E-state index contributed by atoms with van der Waals surface area (Å²) in [5.74, 6) is 1.92. The van der Waals surface area contributed by atoms with Gasteiger partial charge in [0.05, 0.1) is 0 Å². The van der Waals surface area contributed by atoms with E-state index in [1.807, 2.05) is 9.80 Å². The predicted molar refractivity (Wildman–Crippen MR) is 107 cm³/mol. The van der Waals surface area contributed by atoms with Crippen LogP contribution in [0.1, 0.15) is 70.6 Å². The van der Waals surface area contributed by atoms with Gasteiger partial charge in [0.15, 0.2) is 0 Å². The summed E-state index contributed by atoms with van der Waals surface area (Å²) in [6.45, 7) is 3.46. The number of piperidine rings is 2. The lowest BCUT2D eigenvalue weighted by Crippen LogP contribution is -2.41. The van der Waals surface area contributed by atoms with Crippen LogP contribution in [-0.4, -0.2) is 47.8 Å². The van der Waals surface area contributed by atoms with Gasteiger partial charge in [-0.3, -0.25) is 9.59 Å². The van der Waals surface area contributed by atoms with Crippen molar-refractivity contribution in [1.82, 2.24) is 9.80 Å². The third-order valence-corrected chi connectivity index (χ3v) is 7.10. The molecule has 4 nitrogen and oxygen atoms in total. The van der Waals surface area contributed by atoms with E-state index in [9.17, 15) is 9.59 Å². The molecule has 0 bridgehead atoms. The van der Waals surface area contributed by atoms with Crippen LogP contribution in [0.2, 0.25) is 0 Å². The van der Waals surface area contributed by atoms with Crippen molar-refractivity contribution in [2.75, 3.05) is 26.2 Å². The smallest absolute Gasteiger partial charge is 0.222 e. The van der Waals surface area contributed by atoms with E-state index < -0.39 is 0 Å². The Bertz CT molecular complexity index is 582. The number of amides is 2. The molecule has 148 valence electrons. The Morgan fingerprint density at radius 2 is 1.26 bits per heavy atom. The molecular weight excluding hydrogens is 336 g/mol. The Balaban J connectivity index is 1.20. The zero-order valence-corrected chi connectivity index (χ0v) is 16.6. The predicted octanol–water partition coefficient (Wildman–Crippen LogP) is 4.07. The van der Waals surface area contributed by atoms with Gasteiger partial charge in [-0.05, 0) is 69.6 Å². The topological polar surface area (TPSA) is 40.6 Å². The molecule has 0 saturated carbocycles. The van der Waals surface area contributed by atoms with Gasteiger partial charge in [0.1, 0.15) is 0 Å². The molecule has 2 atom stereocenters. The van der Waals surface area contributed by atoms with Gasteiger partial charge in [-0.2, -0.15) is 0 Å². The number of fused-ring (bicyclic) bond motifs is 2. The minimum absolute atomic E-state index is 0.237. The number of allylic oxidation sites excluding steroid dienone is 2. The molecule has 2 aliphatic heterocycles. The van der Waals surface area contributed by atoms with Crippen LogP contribution in [-0.2, 0) is 9.59 Å². The first-order valence-corrected chi connectivity index (χ1v) is 11.1. The molecule has 27 heavy (non-hydrogen) atoms. The zero-order valence-electron chi connectivity index (χ0n) is 16.6. The van der Waals surface area contributed by atoms with E-state index in [0.29, 0.717) is 19.3 Å². The number of hydrogen-bond donors (Lipinski definition) is 0. The second-order valence-electron chi connectivity index (χ2n) is 8.88. The van der Waals surface area contributed by atoms with Crippen LogP contribution in [0, 0.1) is 11.8 Å². The molecule has 0 aromatic rings. The average Bonchev–Trinajstić information content (AvgIpc) is 2.72. The van der Waals surface area contributed by atoms with E-state index in [2.05, 4.69) is 12.2 Å². The van der Waals surface area contributed by atoms with Crippen LogP contribution in [0.4, 0.5) is 0 Å². The summed E-state index contributed by atoms with van der Waals surface area (Å²) in [4.78, 5) is 29.2. The highest BCUT2D eigenvalue weighted by molar-refractivity contribution is 5.79. The van der Waals surface area contributed by atoms with Crippen LogP contribution in [0.5, 0.6) is 0 Å². The van der Waals surface area contributed by atoms with Crippen molar-refractivity contribution in [1.29, 1.82) is 0 Å². The van der Waals surface area contributed by atoms with Crippen molar-refractivity contribution in [3.8, 4) is 0 Å². The van der Waals surface area contributed by atoms with Crippen LogP contribution >= 0.6 is 0 Å². The summed E-state index contributed by atoms with van der Waals surface area (Å²) in [6.07, 6.45) is 16.3. The van der Waals surface area contributed by atoms with Gasteiger partial charge in [-0.25, -0.2) is 0 Å². The summed E-state index contributed by atoms with van der Waals surface area (Å²) in [6, 6.07) is 0. The molecule has 4 aliphatic rings. The Kier molecular flexibility index (Phi) is 5.99. The highest BCUT2D eigenvalue weighted by atomic mass is 16.2. The lowest BCUT2D eigenvalue weighted by Gasteiger charge is -2.37. The fourth-order valence-electron chi connectivity index (χ4n) is 5.41. The number of hydrogen-bond acceptors (Lipinski definition) is 2. The molecule has 0 radical (unpaired) electrons. The molecule has 0 aromatic carbocycles. The third-order valence-electron chi connectivity index (χ3n) is 7.10. The summed E-state index contributed by atoms with van der Waals surface area (Å²) in [7, 11) is 0. The normalized spacial score (nSPS) is 28.0.